The number of rotatable bonds is 5. The van der Waals surface area contributed by atoms with Crippen molar-refractivity contribution in [1.82, 2.24) is 9.88 Å². The second-order valence-electron chi connectivity index (χ2n) is 9.02. The third-order valence-electron chi connectivity index (χ3n) is 7.16. The van der Waals surface area contributed by atoms with Gasteiger partial charge in [-0.1, -0.05) is 54.6 Å². The molecule has 0 spiro atoms. The number of fused-ring (bicyclic) bond motifs is 3. The highest BCUT2D eigenvalue weighted by Gasteiger charge is 2.41. The van der Waals surface area contributed by atoms with E-state index in [-0.39, 0.29) is 30.2 Å². The smallest absolute Gasteiger partial charge is 0.261 e. The lowest BCUT2D eigenvalue weighted by molar-refractivity contribution is -0.925. The van der Waals surface area contributed by atoms with Gasteiger partial charge in [-0.25, -0.2) is 0 Å². The first kappa shape index (κ1) is 20.6. The number of nitrogens with zero attached hydrogens (tertiary/aromatic N) is 1. The number of aromatic amines is 1. The lowest BCUT2D eigenvalue weighted by Crippen LogP contribution is -3.14. The van der Waals surface area contributed by atoms with E-state index in [0.717, 1.165) is 34.3 Å². The Hall–Kier alpha value is -4.03. The molecule has 4 aromatic rings. The average molecular weight is 451 g/mol. The average Bonchev–Trinajstić information content (AvgIpc) is 3.41. The zero-order chi connectivity index (χ0) is 23.2. The number of hydrogen-bond donors (Lipinski definition) is 2. The maximum absolute atomic E-state index is 13.4. The van der Waals surface area contributed by atoms with Crippen LogP contribution in [0.15, 0.2) is 79.0 Å². The summed E-state index contributed by atoms with van der Waals surface area (Å²) < 4.78 is 0. The molecule has 2 aliphatic heterocycles. The van der Waals surface area contributed by atoms with Crippen molar-refractivity contribution in [2.75, 3.05) is 19.6 Å². The first-order valence-corrected chi connectivity index (χ1v) is 11.6. The van der Waals surface area contributed by atoms with Gasteiger partial charge in [-0.2, -0.15) is 0 Å². The number of imide groups is 1. The van der Waals surface area contributed by atoms with E-state index in [1.165, 1.54) is 10.5 Å². The van der Waals surface area contributed by atoms with Crippen molar-refractivity contribution in [3.05, 3.63) is 107 Å². The van der Waals surface area contributed by atoms with Crippen LogP contribution in [0.25, 0.3) is 10.9 Å². The van der Waals surface area contributed by atoms with Crippen molar-refractivity contribution in [1.29, 1.82) is 0 Å². The molecule has 2 atom stereocenters. The number of carbonyl (C=O) groups is 3. The number of aromatic nitrogens is 1. The number of nitrogens with one attached hydrogen (secondary N) is 2. The van der Waals surface area contributed by atoms with E-state index in [1.807, 2.05) is 36.4 Å². The number of hydrogen-bond acceptors (Lipinski definition) is 3. The first-order valence-electron chi connectivity index (χ1n) is 11.6. The van der Waals surface area contributed by atoms with Crippen LogP contribution in [-0.4, -0.2) is 47.1 Å². The van der Waals surface area contributed by atoms with Gasteiger partial charge in [0.1, 0.15) is 12.6 Å². The number of H-pyrrole nitrogens is 1. The van der Waals surface area contributed by atoms with Gasteiger partial charge in [-0.3, -0.25) is 19.3 Å². The van der Waals surface area contributed by atoms with Crippen LogP contribution < -0.4 is 4.90 Å². The normalized spacial score (nSPS) is 19.4. The van der Waals surface area contributed by atoms with Crippen molar-refractivity contribution >= 4 is 28.5 Å². The second-order valence-corrected chi connectivity index (χ2v) is 9.02. The first-order chi connectivity index (χ1) is 16.6. The number of amides is 2. The molecule has 0 saturated heterocycles. The molecule has 1 aromatic heterocycles. The Morgan fingerprint density at radius 3 is 2.38 bits per heavy atom. The zero-order valence-corrected chi connectivity index (χ0v) is 18.6. The molecule has 2 amide bonds. The van der Waals surface area contributed by atoms with Crippen LogP contribution in [0.1, 0.15) is 48.2 Å². The van der Waals surface area contributed by atoms with E-state index < -0.39 is 0 Å². The van der Waals surface area contributed by atoms with Crippen LogP contribution in [0, 0.1) is 0 Å². The van der Waals surface area contributed by atoms with Gasteiger partial charge in [0.15, 0.2) is 0 Å². The van der Waals surface area contributed by atoms with Crippen LogP contribution in [0.3, 0.4) is 0 Å². The van der Waals surface area contributed by atoms with Gasteiger partial charge in [-0.05, 0) is 23.8 Å². The highest BCUT2D eigenvalue weighted by atomic mass is 16.2. The summed E-state index contributed by atoms with van der Waals surface area (Å²) in [5, 5.41) is 0.918. The second kappa shape index (κ2) is 8.08. The summed E-state index contributed by atoms with van der Waals surface area (Å²) in [6, 6.07) is 22.8. The molecule has 6 nitrogen and oxygen atoms in total. The Balaban J connectivity index is 1.32. The predicted molar refractivity (Wildman–Crippen MR) is 128 cm³/mol. The van der Waals surface area contributed by atoms with E-state index in [2.05, 4.69) is 17.1 Å². The number of Topliss-reactive ketones (excluding diaryl/α,β-unsaturated/α-hetero) is 1. The molecule has 3 heterocycles. The van der Waals surface area contributed by atoms with Crippen LogP contribution in [0.5, 0.6) is 0 Å². The van der Waals surface area contributed by atoms with Crippen molar-refractivity contribution in [3.63, 3.8) is 0 Å². The highest BCUT2D eigenvalue weighted by Crippen LogP contribution is 2.27. The lowest BCUT2D eigenvalue weighted by atomic mass is 9.91. The van der Waals surface area contributed by atoms with Crippen LogP contribution in [0.4, 0.5) is 0 Å². The standard InChI is InChI=1S/C28H23N3O3/c32-26(23-15-29-24-12-6-5-9-20(23)24)17-30-14-13-18-7-1-2-8-19(18)25(30)16-31-27(33)21-10-3-4-11-22(21)28(31)34/h1-12,15,25,29H,13-14,16-17H2/p+1/t25-/m0/s1. The van der Waals surface area contributed by atoms with Gasteiger partial charge in [0.05, 0.1) is 24.2 Å². The molecule has 6 rings (SSSR count). The lowest BCUT2D eigenvalue weighted by Gasteiger charge is -2.35. The maximum atomic E-state index is 13.4. The molecule has 1 unspecified atom stereocenters. The van der Waals surface area contributed by atoms with Crippen molar-refractivity contribution < 1.29 is 19.3 Å². The minimum atomic E-state index is -0.258. The van der Waals surface area contributed by atoms with Gasteiger partial charge in [0.2, 0.25) is 5.78 Å². The van der Waals surface area contributed by atoms with E-state index in [0.29, 0.717) is 23.2 Å². The van der Waals surface area contributed by atoms with Gasteiger partial charge in [-0.15, -0.1) is 0 Å². The molecule has 3 aromatic carbocycles. The van der Waals surface area contributed by atoms with Crippen LogP contribution in [-0.2, 0) is 6.42 Å². The van der Waals surface area contributed by atoms with E-state index >= 15 is 0 Å². The van der Waals surface area contributed by atoms with E-state index in [9.17, 15) is 14.4 Å². The quantitative estimate of drug-likeness (QED) is 0.363. The summed E-state index contributed by atoms with van der Waals surface area (Å²) in [6.45, 7) is 1.31. The van der Waals surface area contributed by atoms with E-state index in [1.54, 1.807) is 30.5 Å². The van der Waals surface area contributed by atoms with Gasteiger partial charge in [0, 0.05) is 34.6 Å². The molecular weight excluding hydrogens is 426 g/mol. The van der Waals surface area contributed by atoms with Crippen molar-refractivity contribution in [3.8, 4) is 0 Å². The number of ketones is 1. The Labute approximate surface area is 196 Å². The molecule has 2 N–H and O–H groups in total. The Morgan fingerprint density at radius 1 is 0.912 bits per heavy atom. The van der Waals surface area contributed by atoms with Gasteiger partial charge < -0.3 is 9.88 Å². The molecule has 0 radical (unpaired) electrons. The zero-order valence-electron chi connectivity index (χ0n) is 18.6. The minimum absolute atomic E-state index is 0.0548. The predicted octanol–water partition coefficient (Wildman–Crippen LogP) is 2.83. The third kappa shape index (κ3) is 3.26. The number of para-hydroxylation sites is 1. The molecule has 0 bridgehead atoms. The minimum Gasteiger partial charge on any atom is -0.360 e. The molecule has 34 heavy (non-hydrogen) atoms. The van der Waals surface area contributed by atoms with Gasteiger partial charge >= 0.3 is 0 Å². The summed E-state index contributed by atoms with van der Waals surface area (Å²) >= 11 is 0. The number of quaternary nitrogens is 1. The molecule has 168 valence electrons. The van der Waals surface area contributed by atoms with Gasteiger partial charge in [0.25, 0.3) is 11.8 Å². The third-order valence-corrected chi connectivity index (χ3v) is 7.16. The molecule has 0 fully saturated rings. The van der Waals surface area contributed by atoms with Crippen molar-refractivity contribution in [2.24, 2.45) is 0 Å². The molecule has 0 aliphatic carbocycles. The topological polar surface area (TPSA) is 74.7 Å². The SMILES string of the molecule is O=C(C[NH+]1CCc2ccccc2[C@@H]1CN1C(=O)c2ccccc2C1=O)c1c[nH]c2ccccc12. The number of benzene rings is 3. The Morgan fingerprint density at radius 2 is 1.59 bits per heavy atom. The highest BCUT2D eigenvalue weighted by molar-refractivity contribution is 6.21. The monoisotopic (exact) mass is 450 g/mol. The summed E-state index contributed by atoms with van der Waals surface area (Å²) in [5.74, 6) is -0.462. The summed E-state index contributed by atoms with van der Waals surface area (Å²) in [5.41, 5.74) is 4.84. The summed E-state index contributed by atoms with van der Waals surface area (Å²) in [4.78, 5) is 45.2. The fourth-order valence-corrected chi connectivity index (χ4v) is 5.42. The number of carbonyl (C=O) groups excluding carboxylic acids is 3. The summed E-state index contributed by atoms with van der Waals surface area (Å²) in [6.07, 6.45) is 2.63. The molecule has 0 saturated carbocycles. The van der Waals surface area contributed by atoms with Crippen molar-refractivity contribution in [2.45, 2.75) is 12.5 Å². The van der Waals surface area contributed by atoms with E-state index in [4.69, 9.17) is 0 Å². The molecule has 6 heteroatoms. The fourth-order valence-electron chi connectivity index (χ4n) is 5.42. The van der Waals surface area contributed by atoms with Crippen LogP contribution in [0.2, 0.25) is 0 Å². The Bertz CT molecular complexity index is 1420. The Kier molecular flexibility index (Phi) is 4.89. The van der Waals surface area contributed by atoms with Crippen LogP contribution >= 0.6 is 0 Å². The summed E-state index contributed by atoms with van der Waals surface area (Å²) in [7, 11) is 0. The molecular formula is C28H24N3O3+. The molecule has 2 aliphatic rings. The largest absolute Gasteiger partial charge is 0.360 e. The maximum Gasteiger partial charge on any atom is 0.261 e. The fraction of sp³-hybridized carbons (Fsp3) is 0.179.